The van der Waals surface area contributed by atoms with E-state index in [0.717, 1.165) is 11.1 Å². The number of hydrogen-bond acceptors (Lipinski definition) is 2. The maximum absolute atomic E-state index is 12.2. The summed E-state index contributed by atoms with van der Waals surface area (Å²) in [6.07, 6.45) is 0. The molecule has 0 saturated heterocycles. The summed E-state index contributed by atoms with van der Waals surface area (Å²) in [6, 6.07) is 13.1. The molecule has 2 aromatic carbocycles. The van der Waals surface area contributed by atoms with Gasteiger partial charge in [-0.05, 0) is 35.2 Å². The van der Waals surface area contributed by atoms with Crippen LogP contribution >= 0.6 is 11.6 Å². The van der Waals surface area contributed by atoms with Crippen molar-refractivity contribution in [2.75, 3.05) is 0 Å². The highest BCUT2D eigenvalue weighted by molar-refractivity contribution is 6.33. The lowest BCUT2D eigenvalue weighted by molar-refractivity contribution is 0.590. The van der Waals surface area contributed by atoms with E-state index in [1.54, 1.807) is 6.07 Å². The number of H-pyrrole nitrogens is 1. The highest BCUT2D eigenvalue weighted by atomic mass is 35.5. The molecule has 0 unspecified atom stereocenters. The van der Waals surface area contributed by atoms with E-state index in [1.165, 1.54) is 0 Å². The summed E-state index contributed by atoms with van der Waals surface area (Å²) in [5.74, 6) is 0.500. The van der Waals surface area contributed by atoms with E-state index in [1.807, 2.05) is 36.4 Å². The molecule has 0 saturated carbocycles. The van der Waals surface area contributed by atoms with E-state index in [4.69, 9.17) is 11.6 Å². The van der Waals surface area contributed by atoms with E-state index in [-0.39, 0.29) is 11.0 Å². The third-order valence-corrected chi connectivity index (χ3v) is 4.03. The third kappa shape index (κ3) is 2.64. The second kappa shape index (κ2) is 5.25. The second-order valence-electron chi connectivity index (χ2n) is 6.38. The number of nitrogens with one attached hydrogen (secondary N) is 1. The van der Waals surface area contributed by atoms with Gasteiger partial charge < -0.3 is 4.98 Å². The lowest BCUT2D eigenvalue weighted by Gasteiger charge is -2.20. The topological polar surface area (TPSA) is 45.8 Å². The fraction of sp³-hybridized carbons (Fsp3) is 0.222. The number of rotatable bonds is 1. The van der Waals surface area contributed by atoms with Crippen LogP contribution in [0.25, 0.3) is 22.3 Å². The Kier molecular flexibility index (Phi) is 3.53. The molecule has 0 atom stereocenters. The zero-order chi connectivity index (χ0) is 15.9. The van der Waals surface area contributed by atoms with E-state index >= 15 is 0 Å². The predicted octanol–water partition coefficient (Wildman–Crippen LogP) is 4.54. The van der Waals surface area contributed by atoms with Crippen LogP contribution in [0.15, 0.2) is 47.3 Å². The molecule has 3 rings (SSSR count). The Morgan fingerprint density at radius 1 is 1.09 bits per heavy atom. The lowest BCUT2D eigenvalue weighted by atomic mass is 9.86. The molecule has 1 aromatic heterocycles. The Morgan fingerprint density at radius 3 is 2.55 bits per heavy atom. The van der Waals surface area contributed by atoms with Crippen molar-refractivity contribution in [1.29, 1.82) is 0 Å². The third-order valence-electron chi connectivity index (χ3n) is 3.70. The Balaban J connectivity index is 2.25. The fourth-order valence-corrected chi connectivity index (χ4v) is 2.59. The number of aromatic nitrogens is 2. The summed E-state index contributed by atoms with van der Waals surface area (Å²) in [5, 5.41) is 1.15. The van der Waals surface area contributed by atoms with Crippen LogP contribution in [0.2, 0.25) is 5.02 Å². The first kappa shape index (κ1) is 14.8. The van der Waals surface area contributed by atoms with Gasteiger partial charge in [-0.25, -0.2) is 4.98 Å². The van der Waals surface area contributed by atoms with Crippen molar-refractivity contribution in [3.8, 4) is 11.4 Å². The molecule has 0 fully saturated rings. The SMILES string of the molecule is CC(C)(C)c1ccc(Cl)c(-c2nc3ccccc3c(=O)[nH]2)c1. The number of nitrogens with zero attached hydrogens (tertiary/aromatic N) is 1. The van der Waals surface area contributed by atoms with Gasteiger partial charge >= 0.3 is 0 Å². The van der Waals surface area contributed by atoms with Crippen molar-refractivity contribution in [2.45, 2.75) is 26.2 Å². The minimum Gasteiger partial charge on any atom is -0.306 e. The van der Waals surface area contributed by atoms with Crippen molar-refractivity contribution in [2.24, 2.45) is 0 Å². The van der Waals surface area contributed by atoms with Gasteiger partial charge in [0.2, 0.25) is 0 Å². The van der Waals surface area contributed by atoms with E-state index in [9.17, 15) is 4.79 Å². The molecule has 0 aliphatic rings. The van der Waals surface area contributed by atoms with Crippen LogP contribution < -0.4 is 5.56 Å². The smallest absolute Gasteiger partial charge is 0.259 e. The average Bonchev–Trinajstić information content (AvgIpc) is 2.46. The molecule has 0 aliphatic carbocycles. The van der Waals surface area contributed by atoms with Gasteiger partial charge in [0.1, 0.15) is 5.82 Å². The summed E-state index contributed by atoms with van der Waals surface area (Å²) in [7, 11) is 0. The van der Waals surface area contributed by atoms with Gasteiger partial charge in [0.05, 0.1) is 15.9 Å². The van der Waals surface area contributed by atoms with Gasteiger partial charge in [-0.1, -0.05) is 50.6 Å². The molecule has 0 spiro atoms. The minimum absolute atomic E-state index is 0.00349. The molecule has 0 radical (unpaired) electrons. The van der Waals surface area contributed by atoms with Gasteiger partial charge in [0.15, 0.2) is 0 Å². The molecule has 1 heterocycles. The van der Waals surface area contributed by atoms with Crippen molar-refractivity contribution in [3.63, 3.8) is 0 Å². The van der Waals surface area contributed by atoms with Gasteiger partial charge in [0, 0.05) is 5.56 Å². The Bertz CT molecular complexity index is 907. The van der Waals surface area contributed by atoms with Crippen LogP contribution in [-0.2, 0) is 5.41 Å². The number of fused-ring (bicyclic) bond motifs is 1. The maximum Gasteiger partial charge on any atom is 0.259 e. The van der Waals surface area contributed by atoms with Gasteiger partial charge in [-0.15, -0.1) is 0 Å². The predicted molar refractivity (Wildman–Crippen MR) is 91.5 cm³/mol. The number of benzene rings is 2. The zero-order valence-corrected chi connectivity index (χ0v) is 13.5. The van der Waals surface area contributed by atoms with Crippen LogP contribution in [0.3, 0.4) is 0 Å². The number of aromatic amines is 1. The van der Waals surface area contributed by atoms with Gasteiger partial charge in [0.25, 0.3) is 5.56 Å². The van der Waals surface area contributed by atoms with Crippen LogP contribution in [-0.4, -0.2) is 9.97 Å². The molecule has 112 valence electrons. The average molecular weight is 313 g/mol. The molecule has 3 nitrogen and oxygen atoms in total. The Morgan fingerprint density at radius 2 is 1.82 bits per heavy atom. The van der Waals surface area contributed by atoms with E-state index in [2.05, 4.69) is 30.7 Å². The van der Waals surface area contributed by atoms with Crippen molar-refractivity contribution in [3.05, 3.63) is 63.4 Å². The summed E-state index contributed by atoms with van der Waals surface area (Å²) >= 11 is 6.32. The van der Waals surface area contributed by atoms with Crippen LogP contribution in [0.1, 0.15) is 26.3 Å². The quantitative estimate of drug-likeness (QED) is 0.717. The molecule has 0 bridgehead atoms. The summed E-state index contributed by atoms with van der Waals surface area (Å²) in [6.45, 7) is 6.41. The molecule has 0 amide bonds. The number of halogens is 1. The van der Waals surface area contributed by atoms with Crippen molar-refractivity contribution < 1.29 is 0 Å². The molecular formula is C18H17ClN2O. The molecule has 4 heteroatoms. The first-order valence-electron chi connectivity index (χ1n) is 7.16. The normalized spacial score (nSPS) is 11.8. The van der Waals surface area contributed by atoms with Gasteiger partial charge in [-0.2, -0.15) is 0 Å². The first-order valence-corrected chi connectivity index (χ1v) is 7.53. The highest BCUT2D eigenvalue weighted by Gasteiger charge is 2.17. The molecule has 0 aliphatic heterocycles. The molecular weight excluding hydrogens is 296 g/mol. The summed E-state index contributed by atoms with van der Waals surface area (Å²) < 4.78 is 0. The second-order valence-corrected chi connectivity index (χ2v) is 6.78. The monoisotopic (exact) mass is 312 g/mol. The number of para-hydroxylation sites is 1. The summed E-state index contributed by atoms with van der Waals surface area (Å²) in [5.41, 5.74) is 2.40. The Labute approximate surface area is 134 Å². The van der Waals surface area contributed by atoms with Crippen molar-refractivity contribution in [1.82, 2.24) is 9.97 Å². The first-order chi connectivity index (χ1) is 10.4. The molecule has 3 aromatic rings. The Hall–Kier alpha value is -2.13. The van der Waals surface area contributed by atoms with E-state index in [0.29, 0.717) is 21.7 Å². The molecule has 22 heavy (non-hydrogen) atoms. The zero-order valence-electron chi connectivity index (χ0n) is 12.8. The van der Waals surface area contributed by atoms with Crippen molar-refractivity contribution >= 4 is 22.5 Å². The van der Waals surface area contributed by atoms with Crippen LogP contribution in [0, 0.1) is 0 Å². The maximum atomic E-state index is 12.2. The minimum atomic E-state index is -0.155. The standard InChI is InChI=1S/C18H17ClN2O/c1-18(2,3)11-8-9-14(19)13(10-11)16-20-15-7-5-4-6-12(15)17(22)21-16/h4-10H,1-3H3,(H,20,21,22). The van der Waals surface area contributed by atoms with E-state index < -0.39 is 0 Å². The fourth-order valence-electron chi connectivity index (χ4n) is 2.39. The van der Waals surface area contributed by atoms with Crippen LogP contribution in [0.5, 0.6) is 0 Å². The lowest BCUT2D eigenvalue weighted by Crippen LogP contribution is -2.12. The highest BCUT2D eigenvalue weighted by Crippen LogP contribution is 2.31. The van der Waals surface area contributed by atoms with Gasteiger partial charge in [-0.3, -0.25) is 4.79 Å². The largest absolute Gasteiger partial charge is 0.306 e. The van der Waals surface area contributed by atoms with Crippen LogP contribution in [0.4, 0.5) is 0 Å². The molecule has 1 N–H and O–H groups in total. The summed E-state index contributed by atoms with van der Waals surface area (Å²) in [4.78, 5) is 19.6. The number of hydrogen-bond donors (Lipinski definition) is 1.